The van der Waals surface area contributed by atoms with Gasteiger partial charge in [0.1, 0.15) is 0 Å². The molecule has 0 radical (unpaired) electrons. The highest BCUT2D eigenvalue weighted by atomic mass is 32.1. The van der Waals surface area contributed by atoms with Crippen LogP contribution in [0.4, 0.5) is 0 Å². The minimum Gasteiger partial charge on any atom is -0.272 e. The Morgan fingerprint density at radius 2 is 1.86 bits per heavy atom. The number of allylic oxidation sites excluding steroid dienone is 2. The molecule has 3 amide bonds. The minimum atomic E-state index is -0.380. The Hall–Kier alpha value is -1.95. The number of carbonyl (C=O) groups is 3. The molecule has 2 aliphatic rings. The van der Waals surface area contributed by atoms with Gasteiger partial charge in [0, 0.05) is 10.3 Å². The second kappa shape index (κ2) is 5.68. The summed E-state index contributed by atoms with van der Waals surface area (Å²) in [5.74, 6) is -1.62. The van der Waals surface area contributed by atoms with E-state index in [4.69, 9.17) is 0 Å². The summed E-state index contributed by atoms with van der Waals surface area (Å²) in [6.07, 6.45) is 5.73. The molecule has 2 heterocycles. The lowest BCUT2D eigenvalue weighted by Gasteiger charge is -2.16. The summed E-state index contributed by atoms with van der Waals surface area (Å²) >= 11 is 1.50. The number of amides is 3. The van der Waals surface area contributed by atoms with Crippen molar-refractivity contribution in [1.29, 1.82) is 0 Å². The first-order valence-electron chi connectivity index (χ1n) is 7.45. The molecule has 3 rings (SSSR count). The highest BCUT2D eigenvalue weighted by molar-refractivity contribution is 7.10. The summed E-state index contributed by atoms with van der Waals surface area (Å²) in [4.78, 5) is 38.2. The monoisotopic (exact) mass is 318 g/mol. The van der Waals surface area contributed by atoms with Crippen LogP contribution in [0, 0.1) is 18.8 Å². The molecule has 0 unspecified atom stereocenters. The van der Waals surface area contributed by atoms with E-state index in [-0.39, 0.29) is 29.6 Å². The zero-order valence-corrected chi connectivity index (χ0v) is 13.4. The van der Waals surface area contributed by atoms with Gasteiger partial charge < -0.3 is 0 Å². The van der Waals surface area contributed by atoms with Gasteiger partial charge in [0.25, 0.3) is 17.7 Å². The molecule has 1 aliphatic heterocycles. The first-order valence-corrected chi connectivity index (χ1v) is 8.33. The highest BCUT2D eigenvalue weighted by Gasteiger charge is 2.48. The summed E-state index contributed by atoms with van der Waals surface area (Å²) in [6, 6.07) is 0. The third-order valence-corrected chi connectivity index (χ3v) is 5.38. The van der Waals surface area contributed by atoms with Gasteiger partial charge >= 0.3 is 0 Å². The third kappa shape index (κ3) is 2.27. The van der Waals surface area contributed by atoms with Crippen molar-refractivity contribution in [3.05, 3.63) is 33.5 Å². The number of hydrogen-bond acceptors (Lipinski definition) is 4. The Labute approximate surface area is 133 Å². The van der Waals surface area contributed by atoms with Crippen LogP contribution in [0.25, 0.3) is 0 Å². The van der Waals surface area contributed by atoms with Gasteiger partial charge in [-0.3, -0.25) is 19.8 Å². The Morgan fingerprint density at radius 1 is 1.27 bits per heavy atom. The number of nitrogens with zero attached hydrogens (tertiary/aromatic N) is 1. The second-order valence-electron chi connectivity index (χ2n) is 5.65. The van der Waals surface area contributed by atoms with Gasteiger partial charge in [0.15, 0.2) is 0 Å². The fourth-order valence-corrected chi connectivity index (χ4v) is 4.12. The molecule has 0 spiro atoms. The van der Waals surface area contributed by atoms with E-state index in [1.807, 2.05) is 26.0 Å². The van der Waals surface area contributed by atoms with Crippen molar-refractivity contribution >= 4 is 29.1 Å². The maximum atomic E-state index is 12.4. The van der Waals surface area contributed by atoms with Gasteiger partial charge in [-0.1, -0.05) is 19.1 Å². The summed E-state index contributed by atoms with van der Waals surface area (Å²) < 4.78 is 0. The molecule has 22 heavy (non-hydrogen) atoms. The lowest BCUT2D eigenvalue weighted by Crippen LogP contribution is -2.46. The Morgan fingerprint density at radius 3 is 2.41 bits per heavy atom. The van der Waals surface area contributed by atoms with Crippen molar-refractivity contribution in [3.8, 4) is 0 Å². The smallest absolute Gasteiger partial charge is 0.271 e. The van der Waals surface area contributed by atoms with Crippen LogP contribution in [-0.4, -0.2) is 22.7 Å². The number of carbonyl (C=O) groups excluding carboxylic acids is 3. The standard InChI is InChI=1S/C16H18N2O3S/c1-3-10-9(2)22-8-13(10)14(19)17-18-15(20)11-6-4-5-7-12(11)16(18)21/h4-5,8,11-12H,3,6-7H2,1-2H3,(H,17,19)/t11-,12+. The van der Waals surface area contributed by atoms with Crippen LogP contribution >= 0.6 is 11.3 Å². The fraction of sp³-hybridized carbons (Fsp3) is 0.438. The van der Waals surface area contributed by atoms with Crippen molar-refractivity contribution < 1.29 is 14.4 Å². The van der Waals surface area contributed by atoms with E-state index < -0.39 is 0 Å². The predicted molar refractivity (Wildman–Crippen MR) is 83.1 cm³/mol. The van der Waals surface area contributed by atoms with E-state index in [0.29, 0.717) is 18.4 Å². The van der Waals surface area contributed by atoms with E-state index >= 15 is 0 Å². The van der Waals surface area contributed by atoms with Crippen LogP contribution in [0.15, 0.2) is 17.5 Å². The molecular formula is C16H18N2O3S. The average molecular weight is 318 g/mol. The van der Waals surface area contributed by atoms with Crippen LogP contribution in [0.5, 0.6) is 0 Å². The van der Waals surface area contributed by atoms with E-state index in [0.717, 1.165) is 21.9 Å². The van der Waals surface area contributed by atoms with Gasteiger partial charge in [-0.25, -0.2) is 0 Å². The zero-order valence-electron chi connectivity index (χ0n) is 12.6. The van der Waals surface area contributed by atoms with Gasteiger partial charge in [-0.15, -0.1) is 11.3 Å². The van der Waals surface area contributed by atoms with Crippen LogP contribution in [0.2, 0.25) is 0 Å². The van der Waals surface area contributed by atoms with Crippen LogP contribution in [0.1, 0.15) is 40.6 Å². The third-order valence-electron chi connectivity index (χ3n) is 4.42. The van der Waals surface area contributed by atoms with Gasteiger partial charge in [0.05, 0.1) is 17.4 Å². The lowest BCUT2D eigenvalue weighted by atomic mass is 9.85. The Bertz CT molecular complexity index is 651. The minimum absolute atomic E-state index is 0.294. The molecular weight excluding hydrogens is 300 g/mol. The molecule has 0 aromatic carbocycles. The molecule has 6 heteroatoms. The molecule has 1 aliphatic carbocycles. The topological polar surface area (TPSA) is 66.5 Å². The number of hydrazine groups is 1. The molecule has 1 aromatic rings. The number of thiophene rings is 1. The first kappa shape index (κ1) is 15.0. The van der Waals surface area contributed by atoms with E-state index in [9.17, 15) is 14.4 Å². The maximum Gasteiger partial charge on any atom is 0.271 e. The van der Waals surface area contributed by atoms with Gasteiger partial charge in [-0.2, -0.15) is 5.01 Å². The predicted octanol–water partition coefficient (Wildman–Crippen LogP) is 2.21. The summed E-state index contributed by atoms with van der Waals surface area (Å²) in [7, 11) is 0. The van der Waals surface area contributed by atoms with Gasteiger partial charge in [0.2, 0.25) is 0 Å². The van der Waals surface area contributed by atoms with E-state index in [1.165, 1.54) is 11.3 Å². The van der Waals surface area contributed by atoms with Crippen molar-refractivity contribution in [3.63, 3.8) is 0 Å². The molecule has 0 bridgehead atoms. The SMILES string of the molecule is CCc1c(C(=O)NN2C(=O)[C@H]3CC=CC[C@H]3C2=O)csc1C. The summed E-state index contributed by atoms with van der Waals surface area (Å²) in [5.41, 5.74) is 4.04. The Balaban J connectivity index is 1.80. The molecule has 116 valence electrons. The van der Waals surface area contributed by atoms with Crippen LogP contribution in [-0.2, 0) is 16.0 Å². The normalized spacial score (nSPS) is 23.8. The number of hydrogen-bond donors (Lipinski definition) is 1. The number of aryl methyl sites for hydroxylation is 1. The maximum absolute atomic E-state index is 12.4. The fourth-order valence-electron chi connectivity index (χ4n) is 3.18. The molecule has 1 fully saturated rings. The van der Waals surface area contributed by atoms with E-state index in [1.54, 1.807) is 5.38 Å². The zero-order chi connectivity index (χ0) is 15.9. The van der Waals surface area contributed by atoms with E-state index in [2.05, 4.69) is 5.43 Å². The summed E-state index contributed by atoms with van der Waals surface area (Å²) in [5, 5.41) is 2.71. The molecule has 2 atom stereocenters. The van der Waals surface area contributed by atoms with Gasteiger partial charge in [-0.05, 0) is 31.7 Å². The van der Waals surface area contributed by atoms with Crippen molar-refractivity contribution in [2.45, 2.75) is 33.1 Å². The highest BCUT2D eigenvalue weighted by Crippen LogP contribution is 2.34. The quantitative estimate of drug-likeness (QED) is 0.686. The Kier molecular flexibility index (Phi) is 3.87. The average Bonchev–Trinajstić information content (AvgIpc) is 3.01. The molecule has 5 nitrogen and oxygen atoms in total. The number of nitrogens with one attached hydrogen (secondary N) is 1. The molecule has 1 saturated heterocycles. The lowest BCUT2D eigenvalue weighted by molar-refractivity contribution is -0.142. The first-order chi connectivity index (χ1) is 10.5. The van der Waals surface area contributed by atoms with Crippen molar-refractivity contribution in [2.75, 3.05) is 0 Å². The molecule has 1 N–H and O–H groups in total. The van der Waals surface area contributed by atoms with Crippen molar-refractivity contribution in [1.82, 2.24) is 10.4 Å². The summed E-state index contributed by atoms with van der Waals surface area (Å²) in [6.45, 7) is 3.95. The molecule has 0 saturated carbocycles. The molecule has 1 aromatic heterocycles. The van der Waals surface area contributed by atoms with Crippen LogP contribution in [0.3, 0.4) is 0 Å². The second-order valence-corrected chi connectivity index (χ2v) is 6.73. The number of fused-ring (bicyclic) bond motifs is 1. The number of rotatable bonds is 3. The van der Waals surface area contributed by atoms with Crippen LogP contribution < -0.4 is 5.43 Å². The van der Waals surface area contributed by atoms with Crippen molar-refractivity contribution in [2.24, 2.45) is 11.8 Å². The largest absolute Gasteiger partial charge is 0.272 e. The number of imide groups is 1.